The Hall–Kier alpha value is -0.240. The smallest absolute Gasteiger partial charge is 0.0214 e. The first kappa shape index (κ1) is 6.76. The molecule has 0 rings (SSSR count). The number of allylic oxidation sites excluding steroid dienone is 1. The van der Waals surface area contributed by atoms with Crippen molar-refractivity contribution in [1.82, 2.24) is 0 Å². The van der Waals surface area contributed by atoms with Gasteiger partial charge in [0.05, 0.1) is 0 Å². The minimum atomic E-state index is 0.896. The highest BCUT2D eigenvalue weighted by molar-refractivity contribution is 7.83. The number of hydrogen-bond acceptors (Lipinski definition) is 2. The van der Waals surface area contributed by atoms with Gasteiger partial charge < -0.3 is 5.41 Å². The predicted octanol–water partition coefficient (Wildman–Crippen LogP) is 1.86. The second-order valence-corrected chi connectivity index (χ2v) is 1.46. The number of nitrogens with one attached hydrogen (secondary N) is 1. The molecule has 0 saturated carbocycles. The van der Waals surface area contributed by atoms with E-state index in [1.807, 2.05) is 6.92 Å². The van der Waals surface area contributed by atoms with Crippen LogP contribution >= 0.6 is 12.6 Å². The fourth-order valence-corrected chi connectivity index (χ4v) is 0.488. The third kappa shape index (κ3) is 2.45. The highest BCUT2D eigenvalue weighted by Gasteiger charge is 1.79. The van der Waals surface area contributed by atoms with E-state index in [-0.39, 0.29) is 0 Å². The van der Waals surface area contributed by atoms with E-state index in [1.165, 1.54) is 6.21 Å². The summed E-state index contributed by atoms with van der Waals surface area (Å²) in [7, 11) is 0. The van der Waals surface area contributed by atoms with Gasteiger partial charge in [0.2, 0.25) is 0 Å². The van der Waals surface area contributed by atoms with Crippen LogP contribution in [0.5, 0.6) is 0 Å². The van der Waals surface area contributed by atoms with E-state index in [9.17, 15) is 0 Å². The molecule has 0 amide bonds. The van der Waals surface area contributed by atoms with Crippen LogP contribution in [0.1, 0.15) is 13.3 Å². The summed E-state index contributed by atoms with van der Waals surface area (Å²) in [6.07, 6.45) is 2.21. The second-order valence-electron chi connectivity index (χ2n) is 1.20. The van der Waals surface area contributed by atoms with Crippen LogP contribution < -0.4 is 0 Å². The van der Waals surface area contributed by atoms with Crippen molar-refractivity contribution in [2.75, 3.05) is 0 Å². The minimum absolute atomic E-state index is 0.896. The standard InChI is InChI=1S/C5H9NS/c1-2-5(3-6)4-7/h3-4,6-7H,2H2,1H3/b5-4-,6-3?. The Morgan fingerprint density at radius 1 is 1.86 bits per heavy atom. The first-order chi connectivity index (χ1) is 3.35. The van der Waals surface area contributed by atoms with Crippen LogP contribution in [0.25, 0.3) is 0 Å². The molecule has 7 heavy (non-hydrogen) atoms. The van der Waals surface area contributed by atoms with E-state index in [0.29, 0.717) is 0 Å². The van der Waals surface area contributed by atoms with Crippen molar-refractivity contribution in [2.45, 2.75) is 13.3 Å². The molecule has 0 aliphatic heterocycles. The van der Waals surface area contributed by atoms with Crippen LogP contribution in [0.4, 0.5) is 0 Å². The SMILES string of the molecule is CC/C(C=N)=C/S. The Bertz CT molecular complexity index is 86.1. The zero-order valence-corrected chi connectivity index (χ0v) is 5.20. The largest absolute Gasteiger partial charge is 0.308 e. The van der Waals surface area contributed by atoms with E-state index in [0.717, 1.165) is 12.0 Å². The van der Waals surface area contributed by atoms with E-state index < -0.39 is 0 Å². The molecule has 0 saturated heterocycles. The van der Waals surface area contributed by atoms with E-state index >= 15 is 0 Å². The molecule has 0 aliphatic rings. The van der Waals surface area contributed by atoms with Crippen molar-refractivity contribution in [3.63, 3.8) is 0 Å². The van der Waals surface area contributed by atoms with Gasteiger partial charge in [-0.05, 0) is 17.4 Å². The summed E-state index contributed by atoms with van der Waals surface area (Å²) in [5, 5.41) is 8.36. The van der Waals surface area contributed by atoms with Gasteiger partial charge in [-0.15, -0.1) is 0 Å². The van der Waals surface area contributed by atoms with Crippen LogP contribution in [-0.4, -0.2) is 6.21 Å². The maximum atomic E-state index is 6.72. The van der Waals surface area contributed by atoms with E-state index in [2.05, 4.69) is 12.6 Å². The van der Waals surface area contributed by atoms with Gasteiger partial charge in [-0.1, -0.05) is 6.92 Å². The quantitative estimate of drug-likeness (QED) is 0.405. The fraction of sp³-hybridized carbons (Fsp3) is 0.400. The van der Waals surface area contributed by atoms with Gasteiger partial charge in [0.1, 0.15) is 0 Å². The topological polar surface area (TPSA) is 23.9 Å². The lowest BCUT2D eigenvalue weighted by molar-refractivity contribution is 1.18. The molecule has 1 nitrogen and oxygen atoms in total. The fourth-order valence-electron chi connectivity index (χ4n) is 0.231. The number of rotatable bonds is 2. The summed E-state index contributed by atoms with van der Waals surface area (Å²) < 4.78 is 0. The van der Waals surface area contributed by atoms with Gasteiger partial charge >= 0.3 is 0 Å². The van der Waals surface area contributed by atoms with Gasteiger partial charge in [0, 0.05) is 6.21 Å². The molecular formula is C5H9NS. The summed E-state index contributed by atoms with van der Waals surface area (Å²) in [5.74, 6) is 0. The zero-order chi connectivity index (χ0) is 5.70. The second kappa shape index (κ2) is 3.93. The summed E-state index contributed by atoms with van der Waals surface area (Å²) in [5.41, 5.74) is 0.961. The average molecular weight is 115 g/mol. The summed E-state index contributed by atoms with van der Waals surface area (Å²) in [4.78, 5) is 0. The van der Waals surface area contributed by atoms with Gasteiger partial charge in [0.25, 0.3) is 0 Å². The molecule has 40 valence electrons. The van der Waals surface area contributed by atoms with Gasteiger partial charge in [-0.2, -0.15) is 12.6 Å². The molecule has 1 N–H and O–H groups in total. The first-order valence-corrected chi connectivity index (χ1v) is 2.70. The summed E-state index contributed by atoms with van der Waals surface area (Å²) >= 11 is 3.86. The molecule has 0 unspecified atom stereocenters. The Balaban J connectivity index is 3.60. The Morgan fingerprint density at radius 2 is 2.43 bits per heavy atom. The Kier molecular flexibility index (Phi) is 3.80. The molecule has 0 heterocycles. The van der Waals surface area contributed by atoms with Crippen molar-refractivity contribution in [3.8, 4) is 0 Å². The maximum Gasteiger partial charge on any atom is 0.0214 e. The monoisotopic (exact) mass is 115 g/mol. The van der Waals surface area contributed by atoms with Crippen molar-refractivity contribution in [2.24, 2.45) is 0 Å². The van der Waals surface area contributed by atoms with Gasteiger partial charge in [-0.3, -0.25) is 0 Å². The van der Waals surface area contributed by atoms with Gasteiger partial charge in [0.15, 0.2) is 0 Å². The highest BCUT2D eigenvalue weighted by atomic mass is 32.1. The van der Waals surface area contributed by atoms with Crippen LogP contribution in [0.2, 0.25) is 0 Å². The predicted molar refractivity (Wildman–Crippen MR) is 36.1 cm³/mol. The van der Waals surface area contributed by atoms with Crippen molar-refractivity contribution in [1.29, 1.82) is 5.41 Å². The van der Waals surface area contributed by atoms with Crippen LogP contribution in [0, 0.1) is 5.41 Å². The molecule has 0 aliphatic carbocycles. The highest BCUT2D eigenvalue weighted by Crippen LogP contribution is 1.95. The van der Waals surface area contributed by atoms with Gasteiger partial charge in [-0.25, -0.2) is 0 Å². The molecule has 2 heteroatoms. The van der Waals surface area contributed by atoms with Crippen molar-refractivity contribution in [3.05, 3.63) is 11.0 Å². The van der Waals surface area contributed by atoms with Crippen LogP contribution in [0.3, 0.4) is 0 Å². The lowest BCUT2D eigenvalue weighted by Crippen LogP contribution is -1.75. The van der Waals surface area contributed by atoms with Crippen LogP contribution in [0.15, 0.2) is 11.0 Å². The minimum Gasteiger partial charge on any atom is -0.308 e. The third-order valence-electron chi connectivity index (χ3n) is 0.759. The molecule has 0 aromatic heterocycles. The van der Waals surface area contributed by atoms with Crippen molar-refractivity contribution < 1.29 is 0 Å². The molecule has 0 spiro atoms. The lowest BCUT2D eigenvalue weighted by Gasteiger charge is -1.86. The molecule has 0 atom stereocenters. The van der Waals surface area contributed by atoms with E-state index in [1.54, 1.807) is 5.41 Å². The lowest BCUT2D eigenvalue weighted by atomic mass is 10.3. The molecule has 0 bridgehead atoms. The summed E-state index contributed by atoms with van der Waals surface area (Å²) in [6, 6.07) is 0. The molecule has 0 fully saturated rings. The molecule has 0 aromatic carbocycles. The maximum absolute atomic E-state index is 6.72. The first-order valence-electron chi connectivity index (χ1n) is 2.18. The molecule has 0 radical (unpaired) electrons. The Labute approximate surface area is 49.3 Å². The van der Waals surface area contributed by atoms with Crippen LogP contribution in [-0.2, 0) is 0 Å². The van der Waals surface area contributed by atoms with Crippen molar-refractivity contribution >= 4 is 18.8 Å². The molecular weight excluding hydrogens is 106 g/mol. The number of hydrogen-bond donors (Lipinski definition) is 2. The third-order valence-corrected chi connectivity index (χ3v) is 1.09. The van der Waals surface area contributed by atoms with E-state index in [4.69, 9.17) is 5.41 Å². The number of thiol groups is 1. The Morgan fingerprint density at radius 3 is 2.43 bits per heavy atom. The molecule has 0 aromatic rings. The average Bonchev–Trinajstić information content (AvgIpc) is 1.72. The normalized spacial score (nSPS) is 11.4. The zero-order valence-electron chi connectivity index (χ0n) is 4.31. The summed E-state index contributed by atoms with van der Waals surface area (Å²) in [6.45, 7) is 1.99.